The lowest BCUT2D eigenvalue weighted by molar-refractivity contribution is -0.139. The minimum Gasteiger partial charge on any atom is -0.353 e. The summed E-state index contributed by atoms with van der Waals surface area (Å²) >= 11 is 0. The van der Waals surface area contributed by atoms with Crippen molar-refractivity contribution in [3.8, 4) is 0 Å². The fourth-order valence-corrected chi connectivity index (χ4v) is 5.40. The van der Waals surface area contributed by atoms with E-state index in [4.69, 9.17) is 0 Å². The third-order valence-corrected chi connectivity index (χ3v) is 6.51. The molecule has 1 aliphatic carbocycles. The first-order valence-electron chi connectivity index (χ1n) is 9.29. The number of rotatable bonds is 4. The Morgan fingerprint density at radius 1 is 1.39 bits per heavy atom. The van der Waals surface area contributed by atoms with Crippen LogP contribution in [0.4, 0.5) is 0 Å². The molecule has 4 nitrogen and oxygen atoms in total. The number of carbonyl (C=O) groups is 2. The summed E-state index contributed by atoms with van der Waals surface area (Å²) in [5, 5.41) is 3.25. The van der Waals surface area contributed by atoms with E-state index in [0.29, 0.717) is 30.6 Å². The van der Waals surface area contributed by atoms with Gasteiger partial charge < -0.3 is 10.2 Å². The molecular weight excluding hydrogens is 288 g/mol. The number of carbonyl (C=O) groups excluding carboxylic acids is 2. The van der Waals surface area contributed by atoms with Crippen LogP contribution >= 0.6 is 0 Å². The van der Waals surface area contributed by atoms with E-state index in [1.54, 1.807) is 6.08 Å². The van der Waals surface area contributed by atoms with Crippen molar-refractivity contribution < 1.29 is 9.59 Å². The monoisotopic (exact) mass is 318 g/mol. The summed E-state index contributed by atoms with van der Waals surface area (Å²) in [6.07, 6.45) is 10.3. The molecule has 1 saturated carbocycles. The first kappa shape index (κ1) is 16.5. The second kappa shape index (κ2) is 6.66. The molecular formula is C19H30N2O2. The molecule has 2 aliphatic heterocycles. The van der Waals surface area contributed by atoms with E-state index in [1.165, 1.54) is 0 Å². The highest BCUT2D eigenvalue weighted by Gasteiger charge is 2.55. The fourth-order valence-electron chi connectivity index (χ4n) is 5.40. The molecule has 0 radical (unpaired) electrons. The van der Waals surface area contributed by atoms with Gasteiger partial charge in [0.1, 0.15) is 0 Å². The SMILES string of the molecule is C=CCCC(=O)N[C@H]1CC[C@@]23CCCN2C(=O)CCC[C@H]3[C@H]1C. The van der Waals surface area contributed by atoms with Gasteiger partial charge in [-0.25, -0.2) is 0 Å². The minimum atomic E-state index is 0.0926. The molecule has 0 aromatic rings. The Morgan fingerprint density at radius 3 is 3.00 bits per heavy atom. The average Bonchev–Trinajstić information content (AvgIpc) is 2.90. The zero-order valence-electron chi connectivity index (χ0n) is 14.4. The van der Waals surface area contributed by atoms with E-state index in [1.807, 2.05) is 0 Å². The Balaban J connectivity index is 1.74. The molecule has 0 aromatic heterocycles. The van der Waals surface area contributed by atoms with Crippen LogP contribution in [-0.2, 0) is 9.59 Å². The van der Waals surface area contributed by atoms with Gasteiger partial charge >= 0.3 is 0 Å². The summed E-state index contributed by atoms with van der Waals surface area (Å²) in [5.74, 6) is 1.49. The van der Waals surface area contributed by atoms with Crippen molar-refractivity contribution >= 4 is 11.8 Å². The molecule has 3 fully saturated rings. The van der Waals surface area contributed by atoms with Crippen molar-refractivity contribution in [2.24, 2.45) is 11.8 Å². The van der Waals surface area contributed by atoms with Crippen LogP contribution in [0.15, 0.2) is 12.7 Å². The maximum absolute atomic E-state index is 12.5. The third kappa shape index (κ3) is 2.92. The zero-order chi connectivity index (χ0) is 16.4. The summed E-state index contributed by atoms with van der Waals surface area (Å²) in [4.78, 5) is 26.8. The number of nitrogens with one attached hydrogen (secondary N) is 1. The molecule has 4 atom stereocenters. The van der Waals surface area contributed by atoms with E-state index < -0.39 is 0 Å². The fraction of sp³-hybridized carbons (Fsp3) is 0.789. The minimum absolute atomic E-state index is 0.0926. The highest BCUT2D eigenvalue weighted by Crippen LogP contribution is 2.51. The van der Waals surface area contributed by atoms with Crippen molar-refractivity contribution in [2.75, 3.05) is 6.54 Å². The number of allylic oxidation sites excluding steroid dienone is 1. The van der Waals surface area contributed by atoms with Gasteiger partial charge in [-0.15, -0.1) is 6.58 Å². The molecule has 0 aromatic carbocycles. The Morgan fingerprint density at radius 2 is 2.22 bits per heavy atom. The van der Waals surface area contributed by atoms with Crippen LogP contribution in [0.5, 0.6) is 0 Å². The van der Waals surface area contributed by atoms with Gasteiger partial charge in [-0.1, -0.05) is 13.0 Å². The molecule has 2 amide bonds. The summed E-state index contributed by atoms with van der Waals surface area (Å²) in [5.41, 5.74) is 0.0926. The molecule has 23 heavy (non-hydrogen) atoms. The number of amides is 2. The highest BCUT2D eigenvalue weighted by molar-refractivity contribution is 5.78. The average molecular weight is 318 g/mol. The molecule has 3 aliphatic rings. The lowest BCUT2D eigenvalue weighted by Gasteiger charge is -2.52. The van der Waals surface area contributed by atoms with Crippen molar-refractivity contribution in [3.05, 3.63) is 12.7 Å². The number of hydrogen-bond donors (Lipinski definition) is 1. The van der Waals surface area contributed by atoms with Crippen LogP contribution in [0.25, 0.3) is 0 Å². The molecule has 3 rings (SSSR count). The van der Waals surface area contributed by atoms with Crippen molar-refractivity contribution in [2.45, 2.75) is 76.3 Å². The molecule has 0 unspecified atom stereocenters. The Kier molecular flexibility index (Phi) is 4.79. The predicted octanol–water partition coefficient (Wildman–Crippen LogP) is 3.03. The van der Waals surface area contributed by atoms with Crippen LogP contribution < -0.4 is 5.32 Å². The second-order valence-electron chi connectivity index (χ2n) is 7.65. The van der Waals surface area contributed by atoms with Crippen LogP contribution in [-0.4, -0.2) is 34.8 Å². The normalized spacial score (nSPS) is 36.8. The molecule has 2 heterocycles. The summed E-state index contributed by atoms with van der Waals surface area (Å²) in [6.45, 7) is 6.91. The molecule has 1 N–H and O–H groups in total. The molecule has 1 spiro atoms. The summed E-state index contributed by atoms with van der Waals surface area (Å²) in [6, 6.07) is 0.263. The smallest absolute Gasteiger partial charge is 0.223 e. The number of hydrogen-bond acceptors (Lipinski definition) is 2. The van der Waals surface area contributed by atoms with Crippen molar-refractivity contribution in [1.29, 1.82) is 0 Å². The molecule has 2 saturated heterocycles. The lowest BCUT2D eigenvalue weighted by atomic mass is 9.63. The van der Waals surface area contributed by atoms with Gasteiger partial charge in [0.2, 0.25) is 11.8 Å². The van der Waals surface area contributed by atoms with Crippen LogP contribution in [0.2, 0.25) is 0 Å². The van der Waals surface area contributed by atoms with Crippen LogP contribution in [0.3, 0.4) is 0 Å². The molecule has 128 valence electrons. The summed E-state index contributed by atoms with van der Waals surface area (Å²) < 4.78 is 0. The van der Waals surface area contributed by atoms with Gasteiger partial charge in [-0.2, -0.15) is 0 Å². The van der Waals surface area contributed by atoms with Crippen molar-refractivity contribution in [3.63, 3.8) is 0 Å². The quantitative estimate of drug-likeness (QED) is 0.810. The molecule has 0 bridgehead atoms. The predicted molar refractivity (Wildman–Crippen MR) is 90.8 cm³/mol. The second-order valence-corrected chi connectivity index (χ2v) is 7.65. The van der Waals surface area contributed by atoms with E-state index in [0.717, 1.165) is 51.5 Å². The maximum atomic E-state index is 12.5. The highest BCUT2D eigenvalue weighted by atomic mass is 16.2. The van der Waals surface area contributed by atoms with E-state index >= 15 is 0 Å². The third-order valence-electron chi connectivity index (χ3n) is 6.51. The van der Waals surface area contributed by atoms with Gasteiger partial charge in [-0.3, -0.25) is 9.59 Å². The largest absolute Gasteiger partial charge is 0.353 e. The zero-order valence-corrected chi connectivity index (χ0v) is 14.4. The molecule has 4 heteroatoms. The van der Waals surface area contributed by atoms with E-state index in [2.05, 4.69) is 23.7 Å². The van der Waals surface area contributed by atoms with Gasteiger partial charge in [0.15, 0.2) is 0 Å². The van der Waals surface area contributed by atoms with Gasteiger partial charge in [0, 0.05) is 31.0 Å². The first-order chi connectivity index (χ1) is 11.1. The maximum Gasteiger partial charge on any atom is 0.223 e. The summed E-state index contributed by atoms with van der Waals surface area (Å²) in [7, 11) is 0. The lowest BCUT2D eigenvalue weighted by Crippen LogP contribution is -2.59. The number of nitrogens with zero attached hydrogens (tertiary/aromatic N) is 1. The van der Waals surface area contributed by atoms with E-state index in [-0.39, 0.29) is 17.5 Å². The topological polar surface area (TPSA) is 49.4 Å². The van der Waals surface area contributed by atoms with E-state index in [9.17, 15) is 9.59 Å². The Bertz CT molecular complexity index is 490. The van der Waals surface area contributed by atoms with Crippen LogP contribution in [0.1, 0.15) is 64.7 Å². The van der Waals surface area contributed by atoms with Crippen LogP contribution in [0, 0.1) is 11.8 Å². The van der Waals surface area contributed by atoms with Gasteiger partial charge in [0.05, 0.1) is 0 Å². The van der Waals surface area contributed by atoms with Gasteiger partial charge in [0.25, 0.3) is 0 Å². The Hall–Kier alpha value is -1.32. The van der Waals surface area contributed by atoms with Gasteiger partial charge in [-0.05, 0) is 56.8 Å². The standard InChI is InChI=1S/C19H30N2O2/c1-3-4-8-17(22)20-16-10-12-19-11-6-13-21(19)18(23)9-5-7-15(19)14(16)2/h3,14-16H,1,4-13H2,2H3,(H,20,22)/t14-,15+,16+,19-/m1/s1. The Labute approximate surface area is 139 Å². The van der Waals surface area contributed by atoms with Crippen molar-refractivity contribution in [1.82, 2.24) is 10.2 Å². The first-order valence-corrected chi connectivity index (χ1v) is 9.29.